The molecule has 6 heterocycles. The van der Waals surface area contributed by atoms with Gasteiger partial charge >= 0.3 is 64.6 Å². The number of nitrogen functional groups attached to an aromatic ring is 1. The van der Waals surface area contributed by atoms with Crippen LogP contribution >= 0.6 is 0 Å². The average Bonchev–Trinajstić information content (AvgIpc) is 3.65. The van der Waals surface area contributed by atoms with E-state index in [-0.39, 0.29) is 72.8 Å². The van der Waals surface area contributed by atoms with E-state index in [1.807, 2.05) is 36.4 Å². The molecule has 0 spiro atoms. The minimum absolute atomic E-state index is 0. The minimum atomic E-state index is -0.487. The first kappa shape index (κ1) is 46.3. The van der Waals surface area contributed by atoms with Gasteiger partial charge in [0.05, 0.1) is 55.0 Å². The Morgan fingerprint density at radius 2 is 1.67 bits per heavy atom. The smallest absolute Gasteiger partial charge is 1.00 e. The molecule has 8 rings (SSSR count). The number of hydrogen-bond donors (Lipinski definition) is 3. The van der Waals surface area contributed by atoms with Crippen LogP contribution in [0.15, 0.2) is 89.9 Å². The molecule has 0 bridgehead atoms. The number of benzene rings is 2. The molecule has 2 atom stereocenters. The predicted octanol–water partition coefficient (Wildman–Crippen LogP) is 1.34. The van der Waals surface area contributed by atoms with Gasteiger partial charge in [-0.3, -0.25) is 9.83 Å². The first-order chi connectivity index (χ1) is 28.3. The van der Waals surface area contributed by atoms with Crippen molar-refractivity contribution in [2.24, 2.45) is 4.99 Å². The number of anilines is 2. The third kappa shape index (κ3) is 11.8. The normalized spacial score (nSPS) is 17.1. The van der Waals surface area contributed by atoms with Crippen LogP contribution in [0.25, 0.3) is 11.3 Å². The second kappa shape index (κ2) is 22.2. The molecule has 16 nitrogen and oxygen atoms in total. The number of fused-ring (bicyclic) bond motifs is 1. The number of nitrogens with two attached hydrogens (primary N) is 1. The van der Waals surface area contributed by atoms with Gasteiger partial charge in [-0.15, -0.1) is 0 Å². The Labute approximate surface area is 392 Å². The van der Waals surface area contributed by atoms with E-state index in [0.717, 1.165) is 24.2 Å². The van der Waals surface area contributed by atoms with Gasteiger partial charge in [0, 0.05) is 56.1 Å². The number of alkyl carbamates (subject to hydrolysis) is 1. The van der Waals surface area contributed by atoms with Crippen LogP contribution in [0, 0.1) is 12.7 Å². The molecule has 3 aromatic heterocycles. The van der Waals surface area contributed by atoms with Gasteiger partial charge in [-0.25, -0.2) is 34.6 Å². The molecular weight excluding hydrogens is 799 g/mol. The van der Waals surface area contributed by atoms with E-state index in [9.17, 15) is 9.18 Å². The van der Waals surface area contributed by atoms with Gasteiger partial charge in [-0.1, -0.05) is 43.8 Å². The maximum absolute atomic E-state index is 14.3. The maximum Gasteiger partial charge on any atom is 1.00 e. The number of carbonyl (C=O) groups excluding carboxylic acids is 1. The van der Waals surface area contributed by atoms with Crippen LogP contribution in [-0.4, -0.2) is 98.8 Å². The van der Waals surface area contributed by atoms with Gasteiger partial charge in [0.2, 0.25) is 17.7 Å². The van der Waals surface area contributed by atoms with Crippen molar-refractivity contribution in [3.05, 3.63) is 113 Å². The summed E-state index contributed by atoms with van der Waals surface area (Å²) >= 11 is 0. The topological polar surface area (TPSA) is 190 Å². The third-order valence-corrected chi connectivity index (χ3v) is 9.44. The molecule has 1 amide bonds. The first-order valence-corrected chi connectivity index (χ1v) is 18.7. The number of amides is 1. The standard InChI is InChI=1S/C24H24FN7O4.C16H19BN2O3.CH4.K.H/c1-12-21-19(31-23(26)28-12)9-18(30-22(21)32-35-11-14-10-27-24(33)36-14)15-7-6-13(25)8-16(15)17-4-3-5-20(29-17)34-2;1-20-16-9-5-8-15(18-16)17-21-12-10-19(11-13-22-17)14-6-3-2-4-7-14;;;/h3-8,14,18H,9-11H2,1-2H3,(H,27,33)(H,30,32)(H2,26,28,31);2-9H,10-13H2,1H3;1H4;;/q;;;+1;-1/t14-,18+;;;;/m0..../s1. The number of nitrogens with zero attached hydrogens (tertiary/aromatic N) is 6. The Balaban J connectivity index is 0.000000284. The number of nitrogens with one attached hydrogen (secondary N) is 2. The van der Waals surface area contributed by atoms with Crippen LogP contribution in [-0.2, 0) is 25.3 Å². The number of halogens is 1. The van der Waals surface area contributed by atoms with Crippen LogP contribution in [0.1, 0.15) is 37.4 Å². The summed E-state index contributed by atoms with van der Waals surface area (Å²) in [6.45, 7) is 5.07. The molecule has 60 heavy (non-hydrogen) atoms. The molecule has 0 radical (unpaired) electrons. The molecular formula is C41H48BFKN9O7. The van der Waals surface area contributed by atoms with Crippen molar-refractivity contribution >= 4 is 36.3 Å². The van der Waals surface area contributed by atoms with E-state index < -0.39 is 31.2 Å². The summed E-state index contributed by atoms with van der Waals surface area (Å²) in [5.41, 5.74) is 14.6. The minimum Gasteiger partial charge on any atom is -1.00 e. The summed E-state index contributed by atoms with van der Waals surface area (Å²) in [7, 11) is 2.69. The summed E-state index contributed by atoms with van der Waals surface area (Å²) in [5, 5.41) is 2.57. The number of rotatable bonds is 9. The van der Waals surface area contributed by atoms with Crippen LogP contribution in [0.5, 0.6) is 11.8 Å². The van der Waals surface area contributed by atoms with Crippen molar-refractivity contribution < 1.29 is 90.4 Å². The number of hydrogen-bond acceptors (Lipinski definition) is 15. The maximum atomic E-state index is 14.3. The van der Waals surface area contributed by atoms with Crippen LogP contribution < -0.4 is 87.9 Å². The zero-order valence-electron chi connectivity index (χ0n) is 34.3. The molecule has 4 N–H and O–H groups in total. The fraction of sp³-hybridized carbons (Fsp3) is 0.317. The molecule has 19 heteroatoms. The van der Waals surface area contributed by atoms with E-state index in [1.165, 1.54) is 24.9 Å². The van der Waals surface area contributed by atoms with Gasteiger partial charge in [0.1, 0.15) is 18.5 Å². The van der Waals surface area contributed by atoms with Gasteiger partial charge in [0.25, 0.3) is 0 Å². The Morgan fingerprint density at radius 3 is 2.37 bits per heavy atom. The van der Waals surface area contributed by atoms with Crippen LogP contribution in [0.2, 0.25) is 0 Å². The van der Waals surface area contributed by atoms with Crippen molar-refractivity contribution in [3.8, 4) is 23.0 Å². The average molecular weight is 848 g/mol. The molecule has 2 fully saturated rings. The number of aryl methyl sites for hydroxylation is 1. The summed E-state index contributed by atoms with van der Waals surface area (Å²) < 4.78 is 41.5. The Bertz CT molecular complexity index is 2240. The number of para-hydroxylation sites is 1. The number of hydroxylamine groups is 1. The molecule has 5 aromatic rings. The fourth-order valence-electron chi connectivity index (χ4n) is 6.71. The number of aliphatic imine (C=N–C) groups is 1. The zero-order chi connectivity index (χ0) is 40.4. The predicted molar refractivity (Wildman–Crippen MR) is 222 cm³/mol. The number of aromatic nitrogens is 4. The van der Waals surface area contributed by atoms with E-state index >= 15 is 0 Å². The SMILES string of the molecule is C.COc1cccc(-c2cc(F)ccc2[C@H]2Cc3nc(N)nc(C)c3C(NOC[C@@H]3CNC(=O)O3)=N2)n1.COc1cccc(B2OCCN(c3ccccc3)CCO2)n1.[H-].[K+]. The monoisotopic (exact) mass is 847 g/mol. The van der Waals surface area contributed by atoms with Crippen molar-refractivity contribution in [2.75, 3.05) is 64.3 Å². The molecule has 3 aliphatic heterocycles. The number of pyridine rings is 2. The Kier molecular flexibility index (Phi) is 17.2. The fourth-order valence-corrected chi connectivity index (χ4v) is 6.71. The third-order valence-electron chi connectivity index (χ3n) is 9.44. The van der Waals surface area contributed by atoms with Gasteiger partial charge in [-0.05, 0) is 48.9 Å². The second-order valence-electron chi connectivity index (χ2n) is 13.3. The number of amidine groups is 1. The van der Waals surface area contributed by atoms with E-state index in [1.54, 1.807) is 38.3 Å². The quantitative estimate of drug-likeness (QED) is 0.142. The number of methoxy groups -OCH3 is 2. The summed E-state index contributed by atoms with van der Waals surface area (Å²) in [6, 6.07) is 25.2. The number of cyclic esters (lactones) is 1. The number of carbonyl (C=O) groups is 1. The molecule has 2 saturated heterocycles. The Hall–Kier alpha value is -4.73. The molecule has 2 aromatic carbocycles. The second-order valence-corrected chi connectivity index (χ2v) is 13.3. The summed E-state index contributed by atoms with van der Waals surface area (Å²) in [6.07, 6.45) is -0.518. The van der Waals surface area contributed by atoms with Gasteiger partial charge < -0.3 is 40.9 Å². The largest absolute Gasteiger partial charge is 1.00 e. The molecule has 0 unspecified atom stereocenters. The Morgan fingerprint density at radius 1 is 0.950 bits per heavy atom. The van der Waals surface area contributed by atoms with Crippen molar-refractivity contribution in [3.63, 3.8) is 0 Å². The van der Waals surface area contributed by atoms with E-state index in [0.29, 0.717) is 72.0 Å². The molecule has 0 saturated carbocycles. The van der Waals surface area contributed by atoms with E-state index in [4.69, 9.17) is 39.1 Å². The zero-order valence-corrected chi connectivity index (χ0v) is 36.4. The molecule has 0 aliphatic carbocycles. The van der Waals surface area contributed by atoms with Gasteiger partial charge in [-0.2, -0.15) is 0 Å². The summed E-state index contributed by atoms with van der Waals surface area (Å²) in [4.78, 5) is 41.6. The molecule has 3 aliphatic rings. The first-order valence-electron chi connectivity index (χ1n) is 18.7. The van der Waals surface area contributed by atoms with Gasteiger partial charge in [0.15, 0.2) is 5.84 Å². The van der Waals surface area contributed by atoms with Crippen molar-refractivity contribution in [1.82, 2.24) is 30.7 Å². The molecule has 310 valence electrons. The summed E-state index contributed by atoms with van der Waals surface area (Å²) in [5.74, 6) is 1.11. The van der Waals surface area contributed by atoms with E-state index in [2.05, 4.69) is 47.8 Å². The van der Waals surface area contributed by atoms with Crippen LogP contribution in [0.4, 0.5) is 20.8 Å². The van der Waals surface area contributed by atoms with Crippen molar-refractivity contribution in [1.29, 1.82) is 0 Å². The van der Waals surface area contributed by atoms with Crippen molar-refractivity contribution in [2.45, 2.75) is 32.9 Å². The number of ether oxygens (including phenoxy) is 3. The van der Waals surface area contributed by atoms with Crippen LogP contribution in [0.3, 0.4) is 0 Å².